The van der Waals surface area contributed by atoms with E-state index in [1.165, 1.54) is 12.4 Å². The highest BCUT2D eigenvalue weighted by atomic mass is 79.9. The highest BCUT2D eigenvalue weighted by Gasteiger charge is 2.36. The van der Waals surface area contributed by atoms with E-state index in [1.54, 1.807) is 45.9 Å². The van der Waals surface area contributed by atoms with Crippen LogP contribution in [0.4, 0.5) is 9.18 Å². The van der Waals surface area contributed by atoms with Crippen molar-refractivity contribution in [3.63, 3.8) is 0 Å². The first-order chi connectivity index (χ1) is 16.4. The van der Waals surface area contributed by atoms with Crippen LogP contribution >= 0.6 is 27.3 Å². The molecule has 3 aromatic rings. The Morgan fingerprint density at radius 3 is 2.63 bits per heavy atom. The van der Waals surface area contributed by atoms with Gasteiger partial charge in [0, 0.05) is 5.56 Å². The molecule has 0 radical (unpaired) electrons. The van der Waals surface area contributed by atoms with Gasteiger partial charge in [0.25, 0.3) is 5.56 Å². The first-order valence-electron chi connectivity index (χ1n) is 10.3. The molecule has 0 aliphatic rings. The third-order valence-electron chi connectivity index (χ3n) is 4.50. The molecule has 1 N–H and O–H groups in total. The number of nitrogens with zero attached hydrogens (tertiary/aromatic N) is 4. The highest BCUT2D eigenvalue weighted by molar-refractivity contribution is 9.10. The Kier molecular flexibility index (Phi) is 8.00. The lowest BCUT2D eigenvalue weighted by Crippen LogP contribution is -2.49. The number of aromatic nitrogens is 4. The van der Waals surface area contributed by atoms with Gasteiger partial charge < -0.3 is 19.6 Å². The van der Waals surface area contributed by atoms with Crippen LogP contribution in [-0.4, -0.2) is 44.3 Å². The summed E-state index contributed by atoms with van der Waals surface area (Å²) in [6.45, 7) is 6.41. The molecule has 0 aliphatic heterocycles. The van der Waals surface area contributed by atoms with Crippen molar-refractivity contribution in [3.05, 3.63) is 56.2 Å². The molecule has 1 atom stereocenters. The molecular formula is C22H23BrFN5O5S. The molecule has 35 heavy (non-hydrogen) atoms. The van der Waals surface area contributed by atoms with Crippen LogP contribution in [0, 0.1) is 5.82 Å². The van der Waals surface area contributed by atoms with E-state index in [0.29, 0.717) is 16.3 Å². The SMILES string of the molecule is CC(C)(C)OC(=O)N[C@@](C)(COc1ncn(CC=O)c(=O)c1Br)c1nnc(-c2ccccc2F)s1. The zero-order valence-electron chi connectivity index (χ0n) is 19.4. The summed E-state index contributed by atoms with van der Waals surface area (Å²) in [5.41, 5.74) is -2.30. The van der Waals surface area contributed by atoms with E-state index in [1.807, 2.05) is 0 Å². The van der Waals surface area contributed by atoms with Crippen LogP contribution in [0.25, 0.3) is 10.6 Å². The number of hydrogen-bond acceptors (Lipinski definition) is 9. The number of aldehydes is 1. The Morgan fingerprint density at radius 2 is 1.97 bits per heavy atom. The lowest BCUT2D eigenvalue weighted by Gasteiger charge is -2.29. The van der Waals surface area contributed by atoms with Gasteiger partial charge in [-0.2, -0.15) is 0 Å². The molecule has 0 bridgehead atoms. The van der Waals surface area contributed by atoms with Crippen molar-refractivity contribution in [2.24, 2.45) is 0 Å². The van der Waals surface area contributed by atoms with E-state index in [9.17, 15) is 18.8 Å². The third kappa shape index (κ3) is 6.48. The molecule has 0 fully saturated rings. The van der Waals surface area contributed by atoms with Gasteiger partial charge in [0.2, 0.25) is 5.88 Å². The van der Waals surface area contributed by atoms with Crippen molar-refractivity contribution < 1.29 is 23.5 Å². The maximum atomic E-state index is 14.3. The van der Waals surface area contributed by atoms with Gasteiger partial charge in [-0.05, 0) is 55.8 Å². The topological polar surface area (TPSA) is 125 Å². The van der Waals surface area contributed by atoms with Gasteiger partial charge in [0.15, 0.2) is 5.01 Å². The predicted octanol–water partition coefficient (Wildman–Crippen LogP) is 3.68. The van der Waals surface area contributed by atoms with Gasteiger partial charge in [0.05, 0.1) is 6.54 Å². The molecule has 0 saturated carbocycles. The van der Waals surface area contributed by atoms with Crippen LogP contribution in [0.15, 0.2) is 39.9 Å². The van der Waals surface area contributed by atoms with Gasteiger partial charge in [-0.25, -0.2) is 14.2 Å². The molecule has 1 amide bonds. The number of rotatable bonds is 8. The second-order valence-corrected chi connectivity index (χ2v) is 10.4. The lowest BCUT2D eigenvalue weighted by molar-refractivity contribution is -0.108. The summed E-state index contributed by atoms with van der Waals surface area (Å²) in [5.74, 6) is -0.509. The summed E-state index contributed by atoms with van der Waals surface area (Å²) >= 11 is 4.21. The average molecular weight is 568 g/mol. The molecule has 186 valence electrons. The van der Waals surface area contributed by atoms with Crippen molar-refractivity contribution in [3.8, 4) is 16.5 Å². The van der Waals surface area contributed by atoms with E-state index in [4.69, 9.17) is 9.47 Å². The third-order valence-corrected chi connectivity index (χ3v) is 6.40. The fraction of sp³-hybridized carbons (Fsp3) is 0.364. The van der Waals surface area contributed by atoms with Crippen molar-refractivity contribution in [2.75, 3.05) is 6.61 Å². The maximum absolute atomic E-state index is 14.3. The second-order valence-electron chi connectivity index (χ2n) is 8.63. The number of halogens is 2. The van der Waals surface area contributed by atoms with Crippen molar-refractivity contribution in [1.82, 2.24) is 25.1 Å². The van der Waals surface area contributed by atoms with Crippen LogP contribution in [0.1, 0.15) is 32.7 Å². The molecule has 2 heterocycles. The first-order valence-corrected chi connectivity index (χ1v) is 12.0. The van der Waals surface area contributed by atoms with Crippen LogP contribution in [0.5, 0.6) is 5.88 Å². The summed E-state index contributed by atoms with van der Waals surface area (Å²) in [5, 5.41) is 11.6. The van der Waals surface area contributed by atoms with Gasteiger partial charge in [-0.1, -0.05) is 23.5 Å². The van der Waals surface area contributed by atoms with Gasteiger partial charge in [0.1, 0.15) is 45.7 Å². The van der Waals surface area contributed by atoms with Crippen molar-refractivity contribution >= 4 is 39.6 Å². The van der Waals surface area contributed by atoms with E-state index < -0.39 is 28.6 Å². The largest absolute Gasteiger partial charge is 0.474 e. The summed E-state index contributed by atoms with van der Waals surface area (Å²) < 4.78 is 26.5. The fourth-order valence-electron chi connectivity index (χ4n) is 2.84. The molecule has 0 spiro atoms. The average Bonchev–Trinajstić information content (AvgIpc) is 3.26. The van der Waals surface area contributed by atoms with Crippen molar-refractivity contribution in [2.45, 2.75) is 45.4 Å². The molecule has 2 aromatic heterocycles. The quantitative estimate of drug-likeness (QED) is 0.408. The predicted molar refractivity (Wildman–Crippen MR) is 130 cm³/mol. The summed E-state index contributed by atoms with van der Waals surface area (Å²) in [7, 11) is 0. The van der Waals surface area contributed by atoms with E-state index >= 15 is 0 Å². The Bertz CT molecular complexity index is 1290. The number of nitrogens with one attached hydrogen (secondary N) is 1. The fourth-order valence-corrected chi connectivity index (χ4v) is 4.24. The van der Waals surface area contributed by atoms with E-state index in [-0.39, 0.29) is 29.1 Å². The molecule has 3 rings (SSSR count). The Morgan fingerprint density at radius 1 is 1.26 bits per heavy atom. The molecule has 0 saturated heterocycles. The smallest absolute Gasteiger partial charge is 0.408 e. The summed E-state index contributed by atoms with van der Waals surface area (Å²) in [6, 6.07) is 6.13. The number of carbonyl (C=O) groups is 2. The second kappa shape index (κ2) is 10.6. The molecule has 13 heteroatoms. The standard InChI is InChI=1S/C22H23BrFN5O5S/c1-21(2,3)34-20(32)26-22(4,11-33-16-15(23)18(31)29(9-10-30)12-25-16)19-28-27-17(35-19)13-7-5-6-8-14(13)24/h5-8,10,12H,9,11H2,1-4H3,(H,26,32)/t22-/m0/s1. The normalized spacial score (nSPS) is 13.1. The van der Waals surface area contributed by atoms with Gasteiger partial charge >= 0.3 is 6.09 Å². The maximum Gasteiger partial charge on any atom is 0.408 e. The minimum atomic E-state index is -1.29. The number of hydrogen-bond donors (Lipinski definition) is 1. The number of carbonyl (C=O) groups excluding carboxylic acids is 2. The van der Waals surface area contributed by atoms with Crippen LogP contribution < -0.4 is 15.6 Å². The van der Waals surface area contributed by atoms with E-state index in [0.717, 1.165) is 15.9 Å². The molecular weight excluding hydrogens is 545 g/mol. The molecule has 1 aromatic carbocycles. The number of ether oxygens (including phenoxy) is 2. The van der Waals surface area contributed by atoms with Crippen molar-refractivity contribution in [1.29, 1.82) is 0 Å². The first kappa shape index (κ1) is 26.4. The van der Waals surface area contributed by atoms with Crippen LogP contribution in [0.3, 0.4) is 0 Å². The number of benzene rings is 1. The number of alkyl carbamates (subject to hydrolysis) is 1. The van der Waals surface area contributed by atoms with Crippen LogP contribution in [-0.2, 0) is 21.6 Å². The molecule has 10 nitrogen and oxygen atoms in total. The monoisotopic (exact) mass is 567 g/mol. The Balaban J connectivity index is 1.93. The Labute approximate surface area is 212 Å². The molecule has 0 aliphatic carbocycles. The highest BCUT2D eigenvalue weighted by Crippen LogP contribution is 2.32. The summed E-state index contributed by atoms with van der Waals surface area (Å²) in [4.78, 5) is 39.8. The zero-order chi connectivity index (χ0) is 25.8. The Hall–Kier alpha value is -3.19. The minimum absolute atomic E-state index is 0.00535. The molecule has 0 unspecified atom stereocenters. The minimum Gasteiger partial charge on any atom is -0.474 e. The lowest BCUT2D eigenvalue weighted by atomic mass is 10.1. The van der Waals surface area contributed by atoms with E-state index in [2.05, 4.69) is 36.4 Å². The van der Waals surface area contributed by atoms with Gasteiger partial charge in [-0.3, -0.25) is 9.36 Å². The number of amides is 1. The summed E-state index contributed by atoms with van der Waals surface area (Å²) in [6.07, 6.45) is 1.01. The zero-order valence-corrected chi connectivity index (χ0v) is 21.8. The van der Waals surface area contributed by atoms with Crippen LogP contribution in [0.2, 0.25) is 0 Å². The van der Waals surface area contributed by atoms with Gasteiger partial charge in [-0.15, -0.1) is 10.2 Å².